The van der Waals surface area contributed by atoms with E-state index in [1.165, 1.54) is 5.56 Å². The Morgan fingerprint density at radius 2 is 1.68 bits per heavy atom. The molecule has 0 fully saturated rings. The normalized spacial score (nSPS) is 13.9. The lowest BCUT2D eigenvalue weighted by Gasteiger charge is -2.31. The van der Waals surface area contributed by atoms with Crippen molar-refractivity contribution in [3.63, 3.8) is 0 Å². The van der Waals surface area contributed by atoms with E-state index in [1.54, 1.807) is 0 Å². The van der Waals surface area contributed by atoms with Crippen LogP contribution in [0.2, 0.25) is 0 Å². The SMILES string of the molecule is Brc1ccc(N2COc3c(Br)cc(Br)cc3C2)cc1. The van der Waals surface area contributed by atoms with Gasteiger partial charge in [0.1, 0.15) is 5.75 Å². The Labute approximate surface area is 137 Å². The minimum Gasteiger partial charge on any atom is -0.472 e. The van der Waals surface area contributed by atoms with E-state index in [4.69, 9.17) is 4.74 Å². The number of halogens is 3. The number of fused-ring (bicyclic) bond motifs is 1. The van der Waals surface area contributed by atoms with Gasteiger partial charge in [0, 0.05) is 26.7 Å². The number of anilines is 1. The van der Waals surface area contributed by atoms with Crippen LogP contribution in [0.1, 0.15) is 5.56 Å². The van der Waals surface area contributed by atoms with Crippen molar-refractivity contribution in [2.45, 2.75) is 6.54 Å². The summed E-state index contributed by atoms with van der Waals surface area (Å²) in [5.41, 5.74) is 2.33. The molecule has 1 aliphatic heterocycles. The second-order valence-electron chi connectivity index (χ2n) is 4.32. The van der Waals surface area contributed by atoms with E-state index in [-0.39, 0.29) is 0 Å². The molecular weight excluding hydrogens is 438 g/mol. The van der Waals surface area contributed by atoms with Crippen molar-refractivity contribution < 1.29 is 4.74 Å². The van der Waals surface area contributed by atoms with Gasteiger partial charge >= 0.3 is 0 Å². The second-order valence-corrected chi connectivity index (χ2v) is 7.01. The van der Waals surface area contributed by atoms with Crippen molar-refractivity contribution in [3.05, 3.63) is 55.4 Å². The van der Waals surface area contributed by atoms with Gasteiger partial charge in [-0.3, -0.25) is 0 Å². The number of rotatable bonds is 1. The predicted molar refractivity (Wildman–Crippen MR) is 87.7 cm³/mol. The van der Waals surface area contributed by atoms with E-state index in [0.717, 1.165) is 31.4 Å². The molecule has 0 saturated carbocycles. The molecule has 98 valence electrons. The first-order valence-electron chi connectivity index (χ1n) is 5.75. The van der Waals surface area contributed by atoms with Crippen molar-refractivity contribution in [2.24, 2.45) is 0 Å². The first-order valence-corrected chi connectivity index (χ1v) is 8.12. The molecule has 2 aromatic rings. The molecule has 0 atom stereocenters. The van der Waals surface area contributed by atoms with E-state index in [9.17, 15) is 0 Å². The van der Waals surface area contributed by atoms with Crippen LogP contribution >= 0.6 is 47.8 Å². The zero-order valence-corrected chi connectivity index (χ0v) is 14.6. The molecule has 0 spiro atoms. The fourth-order valence-corrected chi connectivity index (χ4v) is 3.80. The van der Waals surface area contributed by atoms with Gasteiger partial charge in [0.05, 0.1) is 4.47 Å². The van der Waals surface area contributed by atoms with Crippen LogP contribution in [0.15, 0.2) is 49.8 Å². The lowest BCUT2D eigenvalue weighted by Crippen LogP contribution is -2.31. The smallest absolute Gasteiger partial charge is 0.161 e. The monoisotopic (exact) mass is 445 g/mol. The largest absolute Gasteiger partial charge is 0.472 e. The van der Waals surface area contributed by atoms with Crippen molar-refractivity contribution in [3.8, 4) is 5.75 Å². The zero-order valence-electron chi connectivity index (χ0n) is 9.87. The van der Waals surface area contributed by atoms with Gasteiger partial charge in [0.15, 0.2) is 6.73 Å². The minimum atomic E-state index is 0.564. The molecule has 1 aliphatic rings. The zero-order chi connectivity index (χ0) is 13.4. The van der Waals surface area contributed by atoms with Crippen molar-refractivity contribution in [1.29, 1.82) is 0 Å². The second kappa shape index (κ2) is 5.46. The van der Waals surface area contributed by atoms with Crippen LogP contribution in [0.3, 0.4) is 0 Å². The molecule has 0 unspecified atom stereocenters. The molecule has 0 aromatic heterocycles. The van der Waals surface area contributed by atoms with Gasteiger partial charge in [-0.05, 0) is 52.3 Å². The summed E-state index contributed by atoms with van der Waals surface area (Å²) in [4.78, 5) is 2.20. The Kier molecular flexibility index (Phi) is 3.87. The van der Waals surface area contributed by atoms with Gasteiger partial charge in [0.2, 0.25) is 0 Å². The Morgan fingerprint density at radius 1 is 0.947 bits per heavy atom. The average Bonchev–Trinajstić information content (AvgIpc) is 2.38. The highest BCUT2D eigenvalue weighted by atomic mass is 79.9. The Hall–Kier alpha value is -0.520. The fraction of sp³-hybridized carbons (Fsp3) is 0.143. The molecule has 0 N–H and O–H groups in total. The summed E-state index contributed by atoms with van der Waals surface area (Å²) in [6.07, 6.45) is 0. The molecule has 19 heavy (non-hydrogen) atoms. The lowest BCUT2D eigenvalue weighted by molar-refractivity contribution is 0.287. The van der Waals surface area contributed by atoms with Crippen LogP contribution in [0.25, 0.3) is 0 Å². The molecule has 0 amide bonds. The quantitative estimate of drug-likeness (QED) is 0.585. The van der Waals surface area contributed by atoms with Gasteiger partial charge in [-0.25, -0.2) is 0 Å². The Bertz CT molecular complexity index is 613. The van der Waals surface area contributed by atoms with Gasteiger partial charge < -0.3 is 9.64 Å². The third-order valence-electron chi connectivity index (χ3n) is 3.00. The maximum atomic E-state index is 5.85. The minimum absolute atomic E-state index is 0.564. The lowest BCUT2D eigenvalue weighted by atomic mass is 10.1. The van der Waals surface area contributed by atoms with Gasteiger partial charge in [-0.2, -0.15) is 0 Å². The summed E-state index contributed by atoms with van der Waals surface area (Å²) < 4.78 is 8.98. The molecule has 2 nitrogen and oxygen atoms in total. The molecule has 1 heterocycles. The number of hydrogen-bond acceptors (Lipinski definition) is 2. The summed E-state index contributed by atoms with van der Waals surface area (Å²) in [5, 5.41) is 0. The summed E-state index contributed by atoms with van der Waals surface area (Å²) in [5.74, 6) is 0.941. The van der Waals surface area contributed by atoms with E-state index in [2.05, 4.69) is 70.9 Å². The molecule has 0 aliphatic carbocycles. The van der Waals surface area contributed by atoms with Crippen LogP contribution in [-0.2, 0) is 6.54 Å². The molecule has 0 bridgehead atoms. The summed E-state index contributed by atoms with van der Waals surface area (Å²) in [6.45, 7) is 1.41. The van der Waals surface area contributed by atoms with Gasteiger partial charge in [-0.15, -0.1) is 0 Å². The van der Waals surface area contributed by atoms with E-state index < -0.39 is 0 Å². The number of ether oxygens (including phenoxy) is 1. The third-order valence-corrected chi connectivity index (χ3v) is 4.58. The van der Waals surface area contributed by atoms with Gasteiger partial charge in [0.25, 0.3) is 0 Å². The van der Waals surface area contributed by atoms with Crippen LogP contribution in [0, 0.1) is 0 Å². The number of nitrogens with zero attached hydrogens (tertiary/aromatic N) is 1. The van der Waals surface area contributed by atoms with Crippen LogP contribution in [0.4, 0.5) is 5.69 Å². The average molecular weight is 448 g/mol. The molecular formula is C14H10Br3NO. The molecule has 2 aromatic carbocycles. The van der Waals surface area contributed by atoms with Crippen molar-refractivity contribution in [2.75, 3.05) is 11.6 Å². The Balaban J connectivity index is 1.91. The molecule has 3 rings (SSSR count). The first kappa shape index (κ1) is 13.5. The van der Waals surface area contributed by atoms with Gasteiger partial charge in [-0.1, -0.05) is 31.9 Å². The fourth-order valence-electron chi connectivity index (χ4n) is 2.10. The molecule has 0 saturated heterocycles. The highest BCUT2D eigenvalue weighted by Crippen LogP contribution is 2.37. The summed E-state index contributed by atoms with van der Waals surface area (Å²) in [7, 11) is 0. The summed E-state index contributed by atoms with van der Waals surface area (Å²) in [6, 6.07) is 12.4. The number of benzene rings is 2. The van der Waals surface area contributed by atoms with E-state index >= 15 is 0 Å². The van der Waals surface area contributed by atoms with Crippen LogP contribution in [0.5, 0.6) is 5.75 Å². The first-order chi connectivity index (χ1) is 9.13. The maximum Gasteiger partial charge on any atom is 0.161 e. The van der Waals surface area contributed by atoms with E-state index in [0.29, 0.717) is 6.73 Å². The highest BCUT2D eigenvalue weighted by Gasteiger charge is 2.20. The number of hydrogen-bond donors (Lipinski definition) is 0. The molecule has 0 radical (unpaired) electrons. The van der Waals surface area contributed by atoms with Crippen molar-refractivity contribution >= 4 is 53.5 Å². The Morgan fingerprint density at radius 3 is 2.42 bits per heavy atom. The topological polar surface area (TPSA) is 12.5 Å². The van der Waals surface area contributed by atoms with Crippen LogP contribution in [-0.4, -0.2) is 6.73 Å². The van der Waals surface area contributed by atoms with Crippen LogP contribution < -0.4 is 9.64 Å². The van der Waals surface area contributed by atoms with Crippen molar-refractivity contribution in [1.82, 2.24) is 0 Å². The highest BCUT2D eigenvalue weighted by molar-refractivity contribution is 9.11. The maximum absolute atomic E-state index is 5.85. The third kappa shape index (κ3) is 2.83. The van der Waals surface area contributed by atoms with E-state index in [1.807, 2.05) is 18.2 Å². The standard InChI is InChI=1S/C14H10Br3NO/c15-10-1-3-12(4-2-10)18-7-9-5-11(16)6-13(17)14(9)19-8-18/h1-6H,7-8H2. The summed E-state index contributed by atoms with van der Waals surface area (Å²) >= 11 is 10.5. The molecule has 5 heteroatoms. The predicted octanol–water partition coefficient (Wildman–Crippen LogP) is 5.33.